The molecule has 0 radical (unpaired) electrons. The number of carbonyl (C=O) groups excluding carboxylic acids is 2. The maximum atomic E-state index is 13.3. The Balaban J connectivity index is 3.26. The van der Waals surface area contributed by atoms with Crippen LogP contribution < -0.4 is 0 Å². The topological polar surface area (TPSA) is 43.4 Å². The van der Waals surface area contributed by atoms with Crippen LogP contribution in [0.4, 0.5) is 17.6 Å². The molecule has 0 saturated carbocycles. The highest BCUT2D eigenvalue weighted by Gasteiger charge is 2.27. The van der Waals surface area contributed by atoms with Crippen molar-refractivity contribution >= 4 is 27.7 Å². The molecule has 0 aromatic heterocycles. The van der Waals surface area contributed by atoms with Crippen molar-refractivity contribution < 1.29 is 31.9 Å². The fourth-order valence-corrected chi connectivity index (χ4v) is 1.50. The van der Waals surface area contributed by atoms with Crippen LogP contribution in [-0.2, 0) is 20.7 Å². The van der Waals surface area contributed by atoms with Gasteiger partial charge in [0.2, 0.25) is 5.78 Å². The normalized spacial score (nSPS) is 10.3. The molecule has 0 heterocycles. The minimum Gasteiger partial charge on any atom is -0.463 e. The molecule has 98 valence electrons. The number of hydrogen-bond acceptors (Lipinski definition) is 3. The summed E-state index contributed by atoms with van der Waals surface area (Å²) in [5.74, 6) is -9.52. The number of carbonyl (C=O) groups is 2. The van der Waals surface area contributed by atoms with Gasteiger partial charge in [0.1, 0.15) is 0 Å². The molecule has 0 fully saturated rings. The van der Waals surface area contributed by atoms with Crippen LogP contribution in [-0.4, -0.2) is 18.9 Å². The van der Waals surface area contributed by atoms with Gasteiger partial charge in [-0.3, -0.25) is 4.79 Å². The Morgan fingerprint density at radius 2 is 1.50 bits per heavy atom. The van der Waals surface area contributed by atoms with E-state index in [1.54, 1.807) is 0 Å². The number of ether oxygens (including phenoxy) is 1. The number of hydrogen-bond donors (Lipinski definition) is 0. The van der Waals surface area contributed by atoms with Crippen LogP contribution in [0.2, 0.25) is 0 Å². The first kappa shape index (κ1) is 14.6. The van der Waals surface area contributed by atoms with Crippen LogP contribution in [0.5, 0.6) is 0 Å². The number of Topliss-reactive ketones (excluding diaryl/α,β-unsaturated/α-hetero) is 1. The molecule has 0 aliphatic carbocycles. The summed E-state index contributed by atoms with van der Waals surface area (Å²) in [6, 6.07) is 0. The van der Waals surface area contributed by atoms with Gasteiger partial charge in [0.05, 0.1) is 11.6 Å². The van der Waals surface area contributed by atoms with Gasteiger partial charge in [0.15, 0.2) is 23.3 Å². The summed E-state index contributed by atoms with van der Waals surface area (Å²) in [5, 5.41) is 0. The second-order valence-electron chi connectivity index (χ2n) is 3.14. The monoisotopic (exact) mass is 328 g/mol. The Kier molecular flexibility index (Phi) is 4.44. The van der Waals surface area contributed by atoms with E-state index < -0.39 is 51.5 Å². The average molecular weight is 329 g/mol. The van der Waals surface area contributed by atoms with Gasteiger partial charge in [-0.25, -0.2) is 22.4 Å². The number of benzene rings is 1. The average Bonchev–Trinajstić information content (AvgIpc) is 2.37. The quantitative estimate of drug-likeness (QED) is 0.281. The van der Waals surface area contributed by atoms with E-state index in [9.17, 15) is 27.2 Å². The molecule has 0 spiro atoms. The Morgan fingerprint density at radius 1 is 1.06 bits per heavy atom. The van der Waals surface area contributed by atoms with Crippen molar-refractivity contribution in [2.45, 2.75) is 6.42 Å². The molecule has 0 saturated heterocycles. The molecule has 1 aromatic carbocycles. The highest BCUT2D eigenvalue weighted by Crippen LogP contribution is 2.28. The molecule has 0 aliphatic rings. The zero-order chi connectivity index (χ0) is 14.0. The van der Waals surface area contributed by atoms with E-state index in [1.165, 1.54) is 0 Å². The van der Waals surface area contributed by atoms with Crippen molar-refractivity contribution in [2.24, 2.45) is 0 Å². The fourth-order valence-electron chi connectivity index (χ4n) is 1.15. The lowest BCUT2D eigenvalue weighted by molar-refractivity contribution is -0.151. The van der Waals surface area contributed by atoms with E-state index in [-0.39, 0.29) is 0 Å². The summed E-state index contributed by atoms with van der Waals surface area (Å²) in [5.41, 5.74) is -1.16. The van der Waals surface area contributed by atoms with Gasteiger partial charge in [-0.2, -0.15) is 0 Å². The molecule has 1 rings (SSSR count). The molecule has 0 atom stereocenters. The van der Waals surface area contributed by atoms with E-state index in [2.05, 4.69) is 20.7 Å². The standard InChI is InChI=1S/C10H5BrF4O3/c1-18-10(17)4(16)2-3-6(12)8(14)5(11)9(15)7(3)13/h2H2,1H3. The zero-order valence-corrected chi connectivity index (χ0v) is 10.4. The van der Waals surface area contributed by atoms with Gasteiger partial charge < -0.3 is 4.74 Å². The molecule has 0 unspecified atom stereocenters. The van der Waals surface area contributed by atoms with E-state index in [1.807, 2.05) is 0 Å². The lowest BCUT2D eigenvalue weighted by Gasteiger charge is -2.07. The van der Waals surface area contributed by atoms with Crippen molar-refractivity contribution in [1.82, 2.24) is 0 Å². The van der Waals surface area contributed by atoms with E-state index in [0.717, 1.165) is 7.11 Å². The lowest BCUT2D eigenvalue weighted by Crippen LogP contribution is -2.20. The summed E-state index contributed by atoms with van der Waals surface area (Å²) in [4.78, 5) is 21.9. The third-order valence-electron chi connectivity index (χ3n) is 2.05. The summed E-state index contributed by atoms with van der Waals surface area (Å²) in [7, 11) is 0.885. The molecule has 3 nitrogen and oxygen atoms in total. The SMILES string of the molecule is COC(=O)C(=O)Cc1c(F)c(F)c(Br)c(F)c1F. The number of rotatable bonds is 3. The molecular formula is C10H5BrF4O3. The summed E-state index contributed by atoms with van der Waals surface area (Å²) < 4.78 is 55.8. The number of methoxy groups -OCH3 is 1. The summed E-state index contributed by atoms with van der Waals surface area (Å²) >= 11 is 2.32. The molecule has 18 heavy (non-hydrogen) atoms. The van der Waals surface area contributed by atoms with Crippen molar-refractivity contribution in [1.29, 1.82) is 0 Å². The van der Waals surface area contributed by atoms with Gasteiger partial charge in [-0.15, -0.1) is 0 Å². The highest BCUT2D eigenvalue weighted by atomic mass is 79.9. The van der Waals surface area contributed by atoms with Crippen LogP contribution in [0.3, 0.4) is 0 Å². The third kappa shape index (κ3) is 2.53. The van der Waals surface area contributed by atoms with E-state index >= 15 is 0 Å². The largest absolute Gasteiger partial charge is 0.463 e. The predicted molar refractivity (Wildman–Crippen MR) is 54.7 cm³/mol. The maximum Gasteiger partial charge on any atom is 0.374 e. The first-order valence-electron chi connectivity index (χ1n) is 4.42. The first-order valence-corrected chi connectivity index (χ1v) is 5.22. The molecule has 0 amide bonds. The minimum atomic E-state index is -1.74. The first-order chi connectivity index (χ1) is 8.31. The fraction of sp³-hybridized carbons (Fsp3) is 0.200. The van der Waals surface area contributed by atoms with Gasteiger partial charge in [-0.1, -0.05) is 0 Å². The minimum absolute atomic E-state index is 0.885. The van der Waals surface area contributed by atoms with Crippen molar-refractivity contribution in [3.63, 3.8) is 0 Å². The van der Waals surface area contributed by atoms with Crippen LogP contribution in [0.15, 0.2) is 4.47 Å². The smallest absolute Gasteiger partial charge is 0.374 e. The second-order valence-corrected chi connectivity index (χ2v) is 3.93. The van der Waals surface area contributed by atoms with Gasteiger partial charge in [0.25, 0.3) is 0 Å². The predicted octanol–water partition coefficient (Wildman–Crippen LogP) is 2.29. The van der Waals surface area contributed by atoms with E-state index in [4.69, 9.17) is 0 Å². The molecule has 0 aliphatic heterocycles. The Morgan fingerprint density at radius 3 is 1.89 bits per heavy atom. The second kappa shape index (κ2) is 5.47. The van der Waals surface area contributed by atoms with Crippen LogP contribution in [0.1, 0.15) is 5.56 Å². The maximum absolute atomic E-state index is 13.3. The van der Waals surface area contributed by atoms with Crippen LogP contribution in [0, 0.1) is 23.3 Å². The van der Waals surface area contributed by atoms with Crippen molar-refractivity contribution in [2.75, 3.05) is 7.11 Å². The molecule has 0 N–H and O–H groups in total. The Bertz CT molecular complexity index is 501. The molecular weight excluding hydrogens is 324 g/mol. The van der Waals surface area contributed by atoms with Crippen LogP contribution >= 0.6 is 15.9 Å². The van der Waals surface area contributed by atoms with Crippen LogP contribution in [0.25, 0.3) is 0 Å². The van der Waals surface area contributed by atoms with Crippen molar-refractivity contribution in [3.8, 4) is 0 Å². The Labute approximate surface area is 107 Å². The molecule has 8 heteroatoms. The van der Waals surface area contributed by atoms with Gasteiger partial charge >= 0.3 is 5.97 Å². The number of esters is 1. The van der Waals surface area contributed by atoms with E-state index in [0.29, 0.717) is 0 Å². The third-order valence-corrected chi connectivity index (χ3v) is 2.75. The number of ketones is 1. The summed E-state index contributed by atoms with van der Waals surface area (Å²) in [6.07, 6.45) is -1.13. The lowest BCUT2D eigenvalue weighted by atomic mass is 10.1. The van der Waals surface area contributed by atoms with Gasteiger partial charge in [-0.05, 0) is 15.9 Å². The van der Waals surface area contributed by atoms with Crippen molar-refractivity contribution in [3.05, 3.63) is 33.3 Å². The number of halogens is 5. The highest BCUT2D eigenvalue weighted by molar-refractivity contribution is 9.10. The summed E-state index contributed by atoms with van der Waals surface area (Å²) in [6.45, 7) is 0. The molecule has 1 aromatic rings. The van der Waals surface area contributed by atoms with Gasteiger partial charge in [0, 0.05) is 12.0 Å². The molecule has 0 bridgehead atoms. The Hall–Kier alpha value is -1.44. The zero-order valence-electron chi connectivity index (χ0n) is 8.82.